The molecule has 0 atom stereocenters. The van der Waals surface area contributed by atoms with Crippen LogP contribution < -0.4 is 0 Å². The van der Waals surface area contributed by atoms with Crippen LogP contribution in [0.5, 0.6) is 0 Å². The van der Waals surface area contributed by atoms with Crippen LogP contribution in [0.4, 0.5) is 0 Å². The molecule has 0 fully saturated rings. The van der Waals surface area contributed by atoms with Gasteiger partial charge in [0.1, 0.15) is 67.0 Å². The third kappa shape index (κ3) is 7.35. The van der Waals surface area contributed by atoms with E-state index in [0.29, 0.717) is 0 Å². The van der Waals surface area contributed by atoms with E-state index >= 15 is 0 Å². The van der Waals surface area contributed by atoms with Gasteiger partial charge in [0.2, 0.25) is 0 Å². The molecule has 0 spiro atoms. The summed E-state index contributed by atoms with van der Waals surface area (Å²) in [5, 5.41) is 19.5. The summed E-state index contributed by atoms with van der Waals surface area (Å²) in [4.78, 5) is 0. The van der Waals surface area contributed by atoms with Crippen LogP contribution in [-0.2, 0) is 48.7 Å². The van der Waals surface area contributed by atoms with Crippen molar-refractivity contribution < 1.29 is 26.5 Å². The number of hydrogen-bond donors (Lipinski definition) is 0. The van der Waals surface area contributed by atoms with Crippen LogP contribution in [0.2, 0.25) is 0 Å². The average molecular weight is 1360 g/mol. The van der Waals surface area contributed by atoms with Crippen LogP contribution in [0, 0.1) is 5.41 Å². The van der Waals surface area contributed by atoms with Gasteiger partial charge in [0.05, 0.1) is 0 Å². The first-order valence-electron chi connectivity index (χ1n) is 37.8. The van der Waals surface area contributed by atoms with Crippen LogP contribution in [-0.4, -0.2) is 0 Å². The smallest absolute Gasteiger partial charge is 0.144 e. The Kier molecular flexibility index (Phi) is 11.2. The van der Waals surface area contributed by atoms with E-state index in [4.69, 9.17) is 26.5 Å². The largest absolute Gasteiger partial charge is 0.455 e. The average Bonchev–Trinajstić information content (AvgIpc) is 1.43. The molecule has 0 N–H and O–H groups in total. The Hall–Kier alpha value is -9.78. The lowest BCUT2D eigenvalue weighted by molar-refractivity contribution is 0.0998. The molecule has 0 bridgehead atoms. The Labute approximate surface area is 605 Å². The van der Waals surface area contributed by atoms with E-state index in [9.17, 15) is 0 Å². The Morgan fingerprint density at radius 1 is 0.192 bits per heavy atom. The third-order valence-electron chi connectivity index (χ3n) is 27.2. The van der Waals surface area contributed by atoms with Crippen molar-refractivity contribution in [3.63, 3.8) is 0 Å². The standard InChI is InChI=1S/C98H90O6/c1-89(2,3)47-23-29-71-59(35-47)77-78-60-36-48(90(4,5)6)24-30-72(60)100-84(78)54-42-66-65(41-53(54)83(77)99-71)95(19)67-43-55-56(86-80(62-38-50(92(10,11)12)26-32-74(62)102-86)79-61-37-49(91(7,8)9)25-31-73(61)101-85(55)79)44-68(67)97(21)70-46-58-57(45-69(70)96(66,20)98(95,97)22)87-81(63-39-51(93(13,14)15)27-33-75(63)103-87)82-64-40-52(94(16,17)18)28-34-76(64)104-88(58)82/h23-46H,1-22H3. The van der Waals surface area contributed by atoms with E-state index < -0.39 is 21.7 Å². The normalized spacial score (nSPS) is 20.4. The SMILES string of the molecule is CC(C)(C)c1ccc2oc3c4cc5c(cc4c4oc6ccc(C(C)(C)C)cc6c4c3c2c1)C1(C)c2cc3c(cc2C2(C)c4cc6c(cc4C5(C)C12C)c1oc2ccc(C(C)(C)C)cc2c1c1c2cc(C(C)(C)C)ccc2oc61)c1oc2ccc(C(C)(C)C)cc2c1c1c2cc(C(C)(C)C)ccc2oc31. The second kappa shape index (κ2) is 18.6. The minimum absolute atomic E-state index is 0.104. The highest BCUT2D eigenvalue weighted by molar-refractivity contribution is 6.38. The molecule has 6 heteroatoms. The molecule has 518 valence electrons. The molecule has 6 heterocycles. The van der Waals surface area contributed by atoms with Crippen LogP contribution in [0.3, 0.4) is 0 Å². The Morgan fingerprint density at radius 2 is 0.337 bits per heavy atom. The van der Waals surface area contributed by atoms with Crippen molar-refractivity contribution in [1.29, 1.82) is 0 Å². The van der Waals surface area contributed by atoms with Crippen LogP contribution >= 0.6 is 0 Å². The lowest BCUT2D eigenvalue weighted by atomic mass is 9.52. The monoisotopic (exact) mass is 1360 g/mol. The molecular weight excluding hydrogens is 1270 g/mol. The summed E-state index contributed by atoms with van der Waals surface area (Å²) in [5.74, 6) is 0. The van der Waals surface area contributed by atoms with Gasteiger partial charge in [-0.25, -0.2) is 0 Å². The lowest BCUT2D eigenvalue weighted by Gasteiger charge is -2.49. The van der Waals surface area contributed by atoms with Crippen molar-refractivity contribution in [2.45, 2.75) is 201 Å². The first kappa shape index (κ1) is 62.8. The second-order valence-electron chi connectivity index (χ2n) is 38.9. The molecule has 0 unspecified atom stereocenters. The van der Waals surface area contributed by atoms with E-state index in [2.05, 4.69) is 298 Å². The second-order valence-corrected chi connectivity index (χ2v) is 38.9. The van der Waals surface area contributed by atoms with Gasteiger partial charge in [0, 0.05) is 119 Å². The highest BCUT2D eigenvalue weighted by Gasteiger charge is 2.80. The molecule has 6 aromatic heterocycles. The summed E-state index contributed by atoms with van der Waals surface area (Å²) < 4.78 is 45.1. The Morgan fingerprint density at radius 3 is 0.471 bits per heavy atom. The number of hydrogen-bond acceptors (Lipinski definition) is 6. The molecule has 0 aliphatic heterocycles. The zero-order valence-electron chi connectivity index (χ0n) is 64.3. The number of furan rings is 6. The molecule has 0 amide bonds. The van der Waals surface area contributed by atoms with Gasteiger partial charge in [-0.05, 0) is 208 Å². The summed E-state index contributed by atoms with van der Waals surface area (Å²) >= 11 is 0. The maximum atomic E-state index is 7.51. The first-order valence-corrected chi connectivity index (χ1v) is 37.8. The van der Waals surface area contributed by atoms with Crippen LogP contribution in [0.1, 0.15) is 219 Å². The third-order valence-corrected chi connectivity index (χ3v) is 27.2. The number of fused-ring (bicyclic) bond motifs is 39. The lowest BCUT2D eigenvalue weighted by Crippen LogP contribution is -2.51. The minimum Gasteiger partial charge on any atom is -0.455 e. The first-order chi connectivity index (χ1) is 48.8. The zero-order chi connectivity index (χ0) is 72.5. The highest BCUT2D eigenvalue weighted by atomic mass is 16.4. The molecule has 21 rings (SSSR count). The van der Waals surface area contributed by atoms with E-state index in [0.717, 1.165) is 164 Å². The number of benzene rings is 12. The molecule has 0 radical (unpaired) electrons. The van der Waals surface area contributed by atoms with E-state index in [-0.39, 0.29) is 32.5 Å². The van der Waals surface area contributed by atoms with Crippen molar-refractivity contribution in [1.82, 2.24) is 0 Å². The minimum atomic E-state index is -0.671. The van der Waals surface area contributed by atoms with Crippen molar-refractivity contribution in [3.8, 4) is 0 Å². The van der Waals surface area contributed by atoms with E-state index in [1.165, 1.54) is 66.8 Å². The van der Waals surface area contributed by atoms with Crippen molar-refractivity contribution in [2.75, 3.05) is 0 Å². The maximum absolute atomic E-state index is 7.51. The fraction of sp³-hybridized carbons (Fsp3) is 0.327. The molecule has 12 aromatic carbocycles. The van der Waals surface area contributed by atoms with Gasteiger partial charge in [-0.3, -0.25) is 0 Å². The molecule has 104 heavy (non-hydrogen) atoms. The number of rotatable bonds is 0. The summed E-state index contributed by atoms with van der Waals surface area (Å²) in [6.45, 7) is 51.9. The summed E-state index contributed by atoms with van der Waals surface area (Å²) in [6, 6.07) is 56.5. The van der Waals surface area contributed by atoms with Gasteiger partial charge in [-0.2, -0.15) is 0 Å². The van der Waals surface area contributed by atoms with Gasteiger partial charge in [0.25, 0.3) is 0 Å². The fourth-order valence-electron chi connectivity index (χ4n) is 21.0. The van der Waals surface area contributed by atoms with E-state index in [1.807, 2.05) is 0 Å². The molecule has 3 aliphatic carbocycles. The van der Waals surface area contributed by atoms with Crippen LogP contribution in [0.15, 0.2) is 172 Å². The van der Waals surface area contributed by atoms with Gasteiger partial charge in [-0.15, -0.1) is 0 Å². The molecular formula is C98H90O6. The fourth-order valence-corrected chi connectivity index (χ4v) is 21.0. The highest BCUT2D eigenvalue weighted by Crippen LogP contribution is 2.83. The van der Waals surface area contributed by atoms with Crippen molar-refractivity contribution in [2.24, 2.45) is 5.41 Å². The predicted octanol–water partition coefficient (Wildman–Crippen LogP) is 28.6. The van der Waals surface area contributed by atoms with Gasteiger partial charge >= 0.3 is 0 Å². The van der Waals surface area contributed by atoms with Gasteiger partial charge in [-0.1, -0.05) is 189 Å². The van der Waals surface area contributed by atoms with E-state index in [1.54, 1.807) is 0 Å². The Balaban J connectivity index is 0.959. The zero-order valence-corrected chi connectivity index (χ0v) is 64.3. The summed E-state index contributed by atoms with van der Waals surface area (Å²) in [5.41, 5.74) is 22.5. The summed E-state index contributed by atoms with van der Waals surface area (Å²) in [7, 11) is 0. The molecule has 0 saturated carbocycles. The predicted molar refractivity (Wildman–Crippen MR) is 435 cm³/mol. The summed E-state index contributed by atoms with van der Waals surface area (Å²) in [6.07, 6.45) is 0. The topological polar surface area (TPSA) is 78.8 Å². The van der Waals surface area contributed by atoms with Gasteiger partial charge in [0.15, 0.2) is 0 Å². The van der Waals surface area contributed by atoms with Crippen molar-refractivity contribution in [3.05, 3.63) is 212 Å². The quantitative estimate of drug-likeness (QED) is 0.151. The maximum Gasteiger partial charge on any atom is 0.144 e. The molecule has 6 nitrogen and oxygen atoms in total. The molecule has 0 saturated heterocycles. The van der Waals surface area contributed by atoms with Crippen molar-refractivity contribution >= 4 is 164 Å². The molecule has 3 aliphatic rings. The Bertz CT molecular complexity index is 6000. The molecule has 18 aromatic rings. The van der Waals surface area contributed by atoms with Gasteiger partial charge < -0.3 is 26.5 Å². The van der Waals surface area contributed by atoms with Crippen LogP contribution in [0.25, 0.3) is 164 Å².